The van der Waals surface area contributed by atoms with Crippen molar-refractivity contribution >= 4 is 29.5 Å². The molecule has 0 saturated heterocycles. The highest BCUT2D eigenvalue weighted by Gasteiger charge is 2.40. The summed E-state index contributed by atoms with van der Waals surface area (Å²) in [5.41, 5.74) is 1.85. The van der Waals surface area contributed by atoms with E-state index in [9.17, 15) is 0 Å². The summed E-state index contributed by atoms with van der Waals surface area (Å²) in [5.74, 6) is 7.87. The molecule has 6 aliphatic rings. The van der Waals surface area contributed by atoms with Crippen LogP contribution in [0.5, 0.6) is 0 Å². The van der Waals surface area contributed by atoms with Gasteiger partial charge < -0.3 is 0 Å². The molecular weight excluding hydrogens is 444 g/mol. The first kappa shape index (κ1) is 24.5. The molecule has 35 heavy (non-hydrogen) atoms. The average Bonchev–Trinajstić information content (AvgIpc) is 3.64. The van der Waals surface area contributed by atoms with Gasteiger partial charge in [-0.05, 0) is 141 Å². The Morgan fingerprint density at radius 1 is 0.686 bits per heavy atom. The Hall–Kier alpha value is -0.830. The molecule has 2 aliphatic heterocycles. The maximum Gasteiger partial charge on any atom is 0.0419 e. The second-order valence-corrected chi connectivity index (χ2v) is 13.9. The van der Waals surface area contributed by atoms with Gasteiger partial charge in [-0.1, -0.05) is 49.6 Å². The van der Waals surface area contributed by atoms with Crippen molar-refractivity contribution in [2.24, 2.45) is 63.2 Å². The number of rotatable bonds is 5. The molecule has 0 aromatic carbocycles. The Labute approximate surface area is 219 Å². The Balaban J connectivity index is 1.19. The SMILES string of the molecule is S=C1CCCC(C2=CC(C3CCCC(C4C=NCC4)C3)CC(C3CCCC(C4CC=NC4)C3)C2)C1. The highest BCUT2D eigenvalue weighted by atomic mass is 32.1. The van der Waals surface area contributed by atoms with E-state index in [1.165, 1.54) is 108 Å². The molecule has 9 unspecified atom stereocenters. The summed E-state index contributed by atoms with van der Waals surface area (Å²) in [6.07, 6.45) is 29.7. The first-order valence-corrected chi connectivity index (χ1v) is 15.8. The summed E-state index contributed by atoms with van der Waals surface area (Å²) in [6, 6.07) is 0. The van der Waals surface area contributed by atoms with Crippen molar-refractivity contribution in [1.82, 2.24) is 0 Å². The van der Waals surface area contributed by atoms with Gasteiger partial charge in [-0.2, -0.15) is 0 Å². The fourth-order valence-electron chi connectivity index (χ4n) is 9.35. The van der Waals surface area contributed by atoms with Crippen LogP contribution in [-0.4, -0.2) is 30.4 Å². The van der Waals surface area contributed by atoms with Crippen LogP contribution in [0.15, 0.2) is 21.6 Å². The van der Waals surface area contributed by atoms with E-state index in [0.717, 1.165) is 66.4 Å². The molecule has 3 saturated carbocycles. The fraction of sp³-hybridized carbons (Fsp3) is 0.844. The highest BCUT2D eigenvalue weighted by molar-refractivity contribution is 7.80. The predicted octanol–water partition coefficient (Wildman–Crippen LogP) is 8.29. The minimum Gasteiger partial charge on any atom is -0.297 e. The van der Waals surface area contributed by atoms with Crippen molar-refractivity contribution < 1.29 is 0 Å². The van der Waals surface area contributed by atoms with Crippen LogP contribution in [0.25, 0.3) is 0 Å². The molecule has 2 heterocycles. The molecule has 0 N–H and O–H groups in total. The monoisotopic (exact) mass is 492 g/mol. The predicted molar refractivity (Wildman–Crippen MR) is 153 cm³/mol. The van der Waals surface area contributed by atoms with E-state index in [4.69, 9.17) is 12.2 Å². The van der Waals surface area contributed by atoms with Crippen LogP contribution in [0, 0.1) is 53.3 Å². The van der Waals surface area contributed by atoms with Crippen LogP contribution in [-0.2, 0) is 0 Å². The van der Waals surface area contributed by atoms with Crippen molar-refractivity contribution in [2.45, 2.75) is 103 Å². The van der Waals surface area contributed by atoms with Crippen LogP contribution < -0.4 is 0 Å². The van der Waals surface area contributed by atoms with E-state index < -0.39 is 0 Å². The Kier molecular flexibility index (Phi) is 7.90. The maximum absolute atomic E-state index is 5.76. The van der Waals surface area contributed by atoms with Gasteiger partial charge in [-0.15, -0.1) is 0 Å². The van der Waals surface area contributed by atoms with Crippen molar-refractivity contribution in [3.05, 3.63) is 11.6 Å². The van der Waals surface area contributed by atoms with Crippen LogP contribution in [0.4, 0.5) is 0 Å². The van der Waals surface area contributed by atoms with Gasteiger partial charge in [0.15, 0.2) is 0 Å². The van der Waals surface area contributed by atoms with Gasteiger partial charge in [0.1, 0.15) is 0 Å². The van der Waals surface area contributed by atoms with Crippen LogP contribution in [0.1, 0.15) is 103 Å². The van der Waals surface area contributed by atoms with Crippen molar-refractivity contribution in [1.29, 1.82) is 0 Å². The molecule has 6 rings (SSSR count). The zero-order chi connectivity index (χ0) is 23.6. The normalized spacial score (nSPS) is 44.5. The molecule has 0 amide bonds. The Bertz CT molecular complexity index is 835. The molecule has 4 aliphatic carbocycles. The van der Waals surface area contributed by atoms with Crippen molar-refractivity contribution in [3.63, 3.8) is 0 Å². The number of thiocarbonyl (C=S) groups is 1. The first-order chi connectivity index (χ1) is 17.2. The van der Waals surface area contributed by atoms with Crippen LogP contribution in [0.3, 0.4) is 0 Å². The van der Waals surface area contributed by atoms with Crippen molar-refractivity contribution in [2.75, 3.05) is 13.1 Å². The third-order valence-electron chi connectivity index (χ3n) is 11.3. The van der Waals surface area contributed by atoms with Gasteiger partial charge in [0, 0.05) is 19.3 Å². The highest BCUT2D eigenvalue weighted by Crippen LogP contribution is 2.50. The van der Waals surface area contributed by atoms with Gasteiger partial charge >= 0.3 is 0 Å². The van der Waals surface area contributed by atoms with E-state index in [2.05, 4.69) is 28.5 Å². The molecule has 3 fully saturated rings. The molecule has 9 atom stereocenters. The largest absolute Gasteiger partial charge is 0.297 e. The first-order valence-electron chi connectivity index (χ1n) is 15.4. The smallest absolute Gasteiger partial charge is 0.0419 e. The van der Waals surface area contributed by atoms with Gasteiger partial charge in [-0.25, -0.2) is 0 Å². The summed E-state index contributed by atoms with van der Waals surface area (Å²) in [6.45, 7) is 2.20. The molecule has 0 aromatic rings. The van der Waals surface area contributed by atoms with E-state index >= 15 is 0 Å². The lowest BCUT2D eigenvalue weighted by Crippen LogP contribution is -2.34. The Morgan fingerprint density at radius 2 is 1.46 bits per heavy atom. The summed E-state index contributed by atoms with van der Waals surface area (Å²) in [5, 5.41) is 0. The quantitative estimate of drug-likeness (QED) is 0.280. The molecule has 0 radical (unpaired) electrons. The lowest BCUT2D eigenvalue weighted by Gasteiger charge is -2.44. The minimum atomic E-state index is 0.769. The molecule has 0 bridgehead atoms. The molecule has 0 aromatic heterocycles. The summed E-state index contributed by atoms with van der Waals surface area (Å²) < 4.78 is 0. The number of allylic oxidation sites excluding steroid dienone is 2. The van der Waals surface area contributed by atoms with E-state index in [-0.39, 0.29) is 0 Å². The second kappa shape index (κ2) is 11.3. The summed E-state index contributed by atoms with van der Waals surface area (Å²) in [7, 11) is 0. The van der Waals surface area contributed by atoms with Gasteiger partial charge in [0.05, 0.1) is 0 Å². The zero-order valence-corrected chi connectivity index (χ0v) is 22.8. The number of aliphatic imine (C=N–C) groups is 2. The van der Waals surface area contributed by atoms with Gasteiger partial charge in [0.2, 0.25) is 0 Å². The van der Waals surface area contributed by atoms with E-state index in [1.807, 2.05) is 5.57 Å². The summed E-state index contributed by atoms with van der Waals surface area (Å²) in [4.78, 5) is 10.6. The standard InChI is InChI=1S/C32H48N2S/c35-32-9-3-8-26(19-32)31-17-29(24-6-1-4-22(14-24)27-10-12-33-20-27)16-30(18-31)25-7-2-5-23(15-25)28-11-13-34-21-28/h12,18,21-30H,1-11,13-17,19-20H2. The topological polar surface area (TPSA) is 24.7 Å². The number of hydrogen-bond acceptors (Lipinski definition) is 3. The van der Waals surface area contributed by atoms with E-state index in [1.54, 1.807) is 0 Å². The molecule has 2 nitrogen and oxygen atoms in total. The summed E-state index contributed by atoms with van der Waals surface area (Å²) >= 11 is 5.76. The third-order valence-corrected chi connectivity index (χ3v) is 11.7. The van der Waals surface area contributed by atoms with E-state index in [0.29, 0.717) is 0 Å². The maximum atomic E-state index is 5.76. The van der Waals surface area contributed by atoms with Gasteiger partial charge in [-0.3, -0.25) is 9.98 Å². The lowest BCUT2D eigenvalue weighted by molar-refractivity contribution is 0.112. The van der Waals surface area contributed by atoms with Crippen LogP contribution >= 0.6 is 12.2 Å². The lowest BCUT2D eigenvalue weighted by atomic mass is 9.61. The average molecular weight is 493 g/mol. The van der Waals surface area contributed by atoms with Gasteiger partial charge in [0.25, 0.3) is 0 Å². The molecule has 192 valence electrons. The van der Waals surface area contributed by atoms with Crippen molar-refractivity contribution in [3.8, 4) is 0 Å². The number of nitrogens with zero attached hydrogens (tertiary/aromatic N) is 2. The second-order valence-electron chi connectivity index (χ2n) is 13.4. The Morgan fingerprint density at radius 3 is 2.20 bits per heavy atom. The third kappa shape index (κ3) is 5.70. The van der Waals surface area contributed by atoms with Crippen LogP contribution in [0.2, 0.25) is 0 Å². The fourth-order valence-corrected chi connectivity index (χ4v) is 9.69. The number of hydrogen-bond donors (Lipinski definition) is 0. The zero-order valence-electron chi connectivity index (χ0n) is 22.0. The molecular formula is C32H48N2S. The molecule has 3 heteroatoms. The molecule has 0 spiro atoms. The minimum absolute atomic E-state index is 0.769.